The molecule has 2 aromatic rings. The number of aryl methyl sites for hydroxylation is 1. The summed E-state index contributed by atoms with van der Waals surface area (Å²) in [5, 5.41) is 12.1. The Bertz CT molecular complexity index is 622. The number of aliphatic hydroxyl groups is 1. The fourth-order valence-corrected chi connectivity index (χ4v) is 1.85. The first-order valence-corrected chi connectivity index (χ1v) is 6.70. The molecule has 0 aliphatic heterocycles. The smallest absolute Gasteiger partial charge is 0.273 e. The molecule has 112 valence electrons. The van der Waals surface area contributed by atoms with E-state index in [0.29, 0.717) is 6.54 Å². The van der Waals surface area contributed by atoms with Crippen LogP contribution in [0.25, 0.3) is 0 Å². The number of aromatic nitrogens is 1. The van der Waals surface area contributed by atoms with Crippen LogP contribution >= 0.6 is 0 Å². The Labute approximate surface area is 123 Å². The van der Waals surface area contributed by atoms with E-state index in [1.54, 1.807) is 0 Å². The molecule has 2 atom stereocenters. The number of rotatable bonds is 5. The SMILES string of the molecule is Cc1cccc(CNC(=O)c2coc(C(N)C(C)O)n2)c1. The number of carbonyl (C=O) groups excluding carboxylic acids is 1. The van der Waals surface area contributed by atoms with Crippen molar-refractivity contribution >= 4 is 5.91 Å². The number of benzene rings is 1. The Hall–Kier alpha value is -2.18. The number of hydrogen-bond donors (Lipinski definition) is 3. The van der Waals surface area contributed by atoms with Gasteiger partial charge in [-0.3, -0.25) is 4.79 Å². The van der Waals surface area contributed by atoms with Gasteiger partial charge in [-0.05, 0) is 19.4 Å². The third-order valence-electron chi connectivity index (χ3n) is 3.10. The maximum Gasteiger partial charge on any atom is 0.273 e. The second kappa shape index (κ2) is 6.51. The van der Waals surface area contributed by atoms with Crippen LogP contribution in [0, 0.1) is 6.92 Å². The zero-order valence-electron chi connectivity index (χ0n) is 12.0. The van der Waals surface area contributed by atoms with Gasteiger partial charge in [0.05, 0.1) is 6.10 Å². The average molecular weight is 289 g/mol. The lowest BCUT2D eigenvalue weighted by Crippen LogP contribution is -2.25. The van der Waals surface area contributed by atoms with Crippen molar-refractivity contribution < 1.29 is 14.3 Å². The second-order valence-electron chi connectivity index (χ2n) is 5.01. The van der Waals surface area contributed by atoms with Gasteiger partial charge in [0.15, 0.2) is 5.69 Å². The van der Waals surface area contributed by atoms with Crippen LogP contribution in [-0.2, 0) is 6.54 Å². The van der Waals surface area contributed by atoms with Gasteiger partial charge < -0.3 is 20.6 Å². The van der Waals surface area contributed by atoms with Crippen LogP contribution in [0.1, 0.15) is 40.5 Å². The Kier molecular flexibility index (Phi) is 4.72. The van der Waals surface area contributed by atoms with E-state index in [9.17, 15) is 9.90 Å². The van der Waals surface area contributed by atoms with Crippen LogP contribution in [-0.4, -0.2) is 22.1 Å². The Morgan fingerprint density at radius 2 is 2.29 bits per heavy atom. The molecule has 0 aliphatic rings. The van der Waals surface area contributed by atoms with Gasteiger partial charge in [-0.25, -0.2) is 4.98 Å². The normalized spacial score (nSPS) is 13.7. The lowest BCUT2D eigenvalue weighted by atomic mass is 10.1. The lowest BCUT2D eigenvalue weighted by molar-refractivity contribution is 0.0945. The number of oxazole rings is 1. The summed E-state index contributed by atoms with van der Waals surface area (Å²) in [4.78, 5) is 16.0. The largest absolute Gasteiger partial charge is 0.446 e. The summed E-state index contributed by atoms with van der Waals surface area (Å²) in [5.74, 6) is -0.199. The van der Waals surface area contributed by atoms with Gasteiger partial charge in [0.2, 0.25) is 5.89 Å². The number of hydrogen-bond acceptors (Lipinski definition) is 5. The predicted molar refractivity (Wildman–Crippen MR) is 77.5 cm³/mol. The first-order chi connectivity index (χ1) is 9.97. The molecule has 0 bridgehead atoms. The van der Waals surface area contributed by atoms with Crippen molar-refractivity contribution in [1.29, 1.82) is 0 Å². The summed E-state index contributed by atoms with van der Waals surface area (Å²) in [5.41, 5.74) is 7.98. The fraction of sp³-hybridized carbons (Fsp3) is 0.333. The van der Waals surface area contributed by atoms with E-state index in [2.05, 4.69) is 10.3 Å². The fourth-order valence-electron chi connectivity index (χ4n) is 1.85. The molecule has 2 unspecified atom stereocenters. The highest BCUT2D eigenvalue weighted by molar-refractivity contribution is 5.91. The molecule has 4 N–H and O–H groups in total. The zero-order valence-corrected chi connectivity index (χ0v) is 12.0. The average Bonchev–Trinajstić information content (AvgIpc) is 2.93. The summed E-state index contributed by atoms with van der Waals surface area (Å²) in [6, 6.07) is 7.12. The molecule has 21 heavy (non-hydrogen) atoms. The predicted octanol–water partition coefficient (Wildman–Crippen LogP) is 1.29. The Balaban J connectivity index is 1.98. The molecule has 0 saturated carbocycles. The molecule has 2 rings (SSSR count). The highest BCUT2D eigenvalue weighted by Crippen LogP contribution is 2.13. The summed E-state index contributed by atoms with van der Waals surface area (Å²) in [6.45, 7) is 3.93. The maximum absolute atomic E-state index is 12.0. The van der Waals surface area contributed by atoms with Crippen molar-refractivity contribution in [3.8, 4) is 0 Å². The molecule has 1 aromatic heterocycles. The van der Waals surface area contributed by atoms with Crippen LogP contribution in [0.3, 0.4) is 0 Å². The molecule has 1 aromatic carbocycles. The van der Waals surface area contributed by atoms with Crippen molar-refractivity contribution in [3.05, 3.63) is 53.2 Å². The minimum atomic E-state index is -0.799. The molecule has 1 heterocycles. The molecular weight excluding hydrogens is 270 g/mol. The van der Waals surface area contributed by atoms with E-state index in [1.165, 1.54) is 13.2 Å². The number of carbonyl (C=O) groups is 1. The van der Waals surface area contributed by atoms with Gasteiger partial charge >= 0.3 is 0 Å². The van der Waals surface area contributed by atoms with Crippen molar-refractivity contribution in [3.63, 3.8) is 0 Å². The molecular formula is C15H19N3O3. The molecule has 0 saturated heterocycles. The van der Waals surface area contributed by atoms with Gasteiger partial charge in [-0.1, -0.05) is 29.8 Å². The standard InChI is InChI=1S/C15H19N3O3/c1-9-4-3-5-11(6-9)7-17-14(20)12-8-21-15(18-12)13(16)10(2)19/h3-6,8,10,13,19H,7,16H2,1-2H3,(H,17,20). The third-order valence-corrected chi connectivity index (χ3v) is 3.10. The van der Waals surface area contributed by atoms with Crippen molar-refractivity contribution in [1.82, 2.24) is 10.3 Å². The van der Waals surface area contributed by atoms with Crippen molar-refractivity contribution in [2.24, 2.45) is 5.73 Å². The quantitative estimate of drug-likeness (QED) is 0.770. The Morgan fingerprint density at radius 3 is 2.95 bits per heavy atom. The highest BCUT2D eigenvalue weighted by atomic mass is 16.3. The van der Waals surface area contributed by atoms with Crippen molar-refractivity contribution in [2.75, 3.05) is 0 Å². The molecule has 1 amide bonds. The monoisotopic (exact) mass is 289 g/mol. The minimum absolute atomic E-state index is 0.144. The molecule has 0 spiro atoms. The van der Waals surface area contributed by atoms with Gasteiger partial charge in [0.25, 0.3) is 5.91 Å². The minimum Gasteiger partial charge on any atom is -0.446 e. The zero-order chi connectivity index (χ0) is 15.4. The number of nitrogens with two attached hydrogens (primary N) is 1. The number of nitrogens with one attached hydrogen (secondary N) is 1. The first kappa shape index (κ1) is 15.2. The van der Waals surface area contributed by atoms with E-state index in [4.69, 9.17) is 10.2 Å². The summed E-state index contributed by atoms with van der Waals surface area (Å²) < 4.78 is 5.12. The lowest BCUT2D eigenvalue weighted by Gasteiger charge is -2.09. The third kappa shape index (κ3) is 3.90. The summed E-state index contributed by atoms with van der Waals surface area (Å²) >= 11 is 0. The molecule has 0 fully saturated rings. The van der Waals surface area contributed by atoms with Crippen LogP contribution in [0.5, 0.6) is 0 Å². The maximum atomic E-state index is 12.0. The molecule has 0 radical (unpaired) electrons. The van der Waals surface area contributed by atoms with Gasteiger partial charge in [0.1, 0.15) is 12.3 Å². The topological polar surface area (TPSA) is 101 Å². The van der Waals surface area contributed by atoms with Crippen LogP contribution < -0.4 is 11.1 Å². The van der Waals surface area contributed by atoms with E-state index >= 15 is 0 Å². The first-order valence-electron chi connectivity index (χ1n) is 6.70. The summed E-state index contributed by atoms with van der Waals surface area (Å²) in [6.07, 6.45) is 0.440. The number of amides is 1. The van der Waals surface area contributed by atoms with E-state index in [0.717, 1.165) is 11.1 Å². The number of aliphatic hydroxyl groups excluding tert-OH is 1. The van der Waals surface area contributed by atoms with E-state index in [1.807, 2.05) is 31.2 Å². The van der Waals surface area contributed by atoms with Gasteiger partial charge in [0, 0.05) is 6.54 Å². The van der Waals surface area contributed by atoms with Crippen LogP contribution in [0.4, 0.5) is 0 Å². The molecule has 0 aliphatic carbocycles. The van der Waals surface area contributed by atoms with E-state index in [-0.39, 0.29) is 17.5 Å². The van der Waals surface area contributed by atoms with Crippen LogP contribution in [0.2, 0.25) is 0 Å². The van der Waals surface area contributed by atoms with Gasteiger partial charge in [-0.15, -0.1) is 0 Å². The van der Waals surface area contributed by atoms with Crippen molar-refractivity contribution in [2.45, 2.75) is 32.5 Å². The van der Waals surface area contributed by atoms with E-state index < -0.39 is 12.1 Å². The van der Waals surface area contributed by atoms with Gasteiger partial charge in [-0.2, -0.15) is 0 Å². The van der Waals surface area contributed by atoms with Crippen LogP contribution in [0.15, 0.2) is 34.9 Å². The molecule has 6 heteroatoms. The summed E-state index contributed by atoms with van der Waals surface area (Å²) in [7, 11) is 0. The number of nitrogens with zero attached hydrogens (tertiary/aromatic N) is 1. The second-order valence-corrected chi connectivity index (χ2v) is 5.01. The molecule has 6 nitrogen and oxygen atoms in total. The highest BCUT2D eigenvalue weighted by Gasteiger charge is 2.20. The Morgan fingerprint density at radius 1 is 1.52 bits per heavy atom.